The average molecular weight is 301 g/mol. The van der Waals surface area contributed by atoms with E-state index in [1.165, 1.54) is 13.3 Å². The number of methoxy groups -OCH3 is 1. The zero-order valence-electron chi connectivity index (χ0n) is 11.9. The normalized spacial score (nSPS) is 9.68. The van der Waals surface area contributed by atoms with Crippen LogP contribution in [0.25, 0.3) is 0 Å². The largest absolute Gasteiger partial charge is 0.453 e. The van der Waals surface area contributed by atoms with Gasteiger partial charge in [0.25, 0.3) is 0 Å². The zero-order chi connectivity index (χ0) is 15.8. The quantitative estimate of drug-likeness (QED) is 0.906. The second-order valence-electron chi connectivity index (χ2n) is 4.20. The summed E-state index contributed by atoms with van der Waals surface area (Å²) in [6, 6.07) is 12.5. The first kappa shape index (κ1) is 15.3. The number of carbonyl (C=O) groups is 2. The van der Waals surface area contributed by atoms with E-state index in [-0.39, 0.29) is 12.4 Å². The second-order valence-corrected chi connectivity index (χ2v) is 4.20. The fraction of sp³-hybridized carbons (Fsp3) is 0.133. The van der Waals surface area contributed by atoms with Crippen molar-refractivity contribution in [3.05, 3.63) is 54.2 Å². The van der Waals surface area contributed by atoms with Crippen LogP contribution in [0.3, 0.4) is 0 Å². The molecule has 7 nitrogen and oxygen atoms in total. The molecule has 2 N–H and O–H groups in total. The molecular weight excluding hydrogens is 286 g/mol. The maximum Gasteiger partial charge on any atom is 0.412 e. The van der Waals surface area contributed by atoms with Crippen molar-refractivity contribution in [3.8, 4) is 0 Å². The lowest BCUT2D eigenvalue weighted by Gasteiger charge is -2.10. The Hall–Kier alpha value is -3.09. The van der Waals surface area contributed by atoms with E-state index in [1.807, 2.05) is 30.3 Å². The molecule has 0 radical (unpaired) electrons. The summed E-state index contributed by atoms with van der Waals surface area (Å²) in [6.07, 6.45) is 0.148. The molecular formula is C15H15N3O4. The van der Waals surface area contributed by atoms with Gasteiger partial charge in [0.1, 0.15) is 6.61 Å². The highest BCUT2D eigenvalue weighted by molar-refractivity contribution is 5.93. The number of aromatic nitrogens is 1. The fourth-order valence-electron chi connectivity index (χ4n) is 1.62. The summed E-state index contributed by atoms with van der Waals surface area (Å²) in [5.74, 6) is 0.172. The summed E-state index contributed by atoms with van der Waals surface area (Å²) in [5, 5.41) is 4.91. The molecule has 0 unspecified atom stereocenters. The SMILES string of the molecule is COC(=O)Nc1ncccc1NC(=O)OCc1ccccc1. The molecule has 0 bridgehead atoms. The number of pyridine rings is 1. The molecule has 0 fully saturated rings. The first-order valence-corrected chi connectivity index (χ1v) is 6.46. The Labute approximate surface area is 127 Å². The predicted octanol–water partition coefficient (Wildman–Crippen LogP) is 3.01. The monoisotopic (exact) mass is 301 g/mol. The molecule has 0 saturated heterocycles. The van der Waals surface area contributed by atoms with Gasteiger partial charge in [-0.15, -0.1) is 0 Å². The van der Waals surface area contributed by atoms with Gasteiger partial charge < -0.3 is 9.47 Å². The summed E-state index contributed by atoms with van der Waals surface area (Å²) in [6.45, 7) is 0.146. The molecule has 1 aromatic carbocycles. The molecule has 2 rings (SSSR count). The van der Waals surface area contributed by atoms with Crippen LogP contribution in [0.15, 0.2) is 48.7 Å². The maximum absolute atomic E-state index is 11.8. The minimum atomic E-state index is -0.681. The first-order chi connectivity index (χ1) is 10.7. The van der Waals surface area contributed by atoms with Crippen LogP contribution >= 0.6 is 0 Å². The van der Waals surface area contributed by atoms with Gasteiger partial charge in [-0.1, -0.05) is 30.3 Å². The molecule has 22 heavy (non-hydrogen) atoms. The van der Waals surface area contributed by atoms with Gasteiger partial charge in [-0.3, -0.25) is 10.6 Å². The summed E-state index contributed by atoms with van der Waals surface area (Å²) in [5.41, 5.74) is 1.18. The van der Waals surface area contributed by atoms with Crippen LogP contribution in [0.1, 0.15) is 5.56 Å². The van der Waals surface area contributed by atoms with Gasteiger partial charge in [0, 0.05) is 6.20 Å². The number of benzene rings is 1. The molecule has 0 atom stereocenters. The molecule has 1 heterocycles. The van der Waals surface area contributed by atoms with E-state index in [0.29, 0.717) is 5.69 Å². The third-order valence-corrected chi connectivity index (χ3v) is 2.66. The number of hydrogen-bond acceptors (Lipinski definition) is 5. The van der Waals surface area contributed by atoms with E-state index in [9.17, 15) is 9.59 Å². The van der Waals surface area contributed by atoms with Crippen LogP contribution in [0, 0.1) is 0 Å². The van der Waals surface area contributed by atoms with Crippen molar-refractivity contribution >= 4 is 23.7 Å². The highest BCUT2D eigenvalue weighted by Gasteiger charge is 2.11. The molecule has 0 aliphatic heterocycles. The van der Waals surface area contributed by atoms with Gasteiger partial charge in [-0.05, 0) is 17.7 Å². The Morgan fingerprint density at radius 2 is 1.82 bits per heavy atom. The second kappa shape index (κ2) is 7.63. The Kier molecular flexibility index (Phi) is 5.31. The fourth-order valence-corrected chi connectivity index (χ4v) is 1.62. The van der Waals surface area contributed by atoms with Crippen molar-refractivity contribution < 1.29 is 19.1 Å². The molecule has 2 aromatic rings. The predicted molar refractivity (Wildman–Crippen MR) is 80.5 cm³/mol. The minimum Gasteiger partial charge on any atom is -0.453 e. The van der Waals surface area contributed by atoms with Crippen LogP contribution in [-0.4, -0.2) is 24.3 Å². The Bertz CT molecular complexity index is 646. The van der Waals surface area contributed by atoms with Crippen molar-refractivity contribution in [2.45, 2.75) is 6.61 Å². The molecule has 0 aliphatic carbocycles. The van der Waals surface area contributed by atoms with E-state index in [1.54, 1.807) is 12.1 Å². The third-order valence-electron chi connectivity index (χ3n) is 2.66. The smallest absolute Gasteiger partial charge is 0.412 e. The Morgan fingerprint density at radius 1 is 1.05 bits per heavy atom. The van der Waals surface area contributed by atoms with Crippen LogP contribution in [-0.2, 0) is 16.1 Å². The van der Waals surface area contributed by atoms with Gasteiger partial charge in [-0.25, -0.2) is 14.6 Å². The van der Waals surface area contributed by atoms with Crippen molar-refractivity contribution in [2.24, 2.45) is 0 Å². The van der Waals surface area contributed by atoms with Gasteiger partial charge >= 0.3 is 12.2 Å². The number of ether oxygens (including phenoxy) is 2. The Morgan fingerprint density at radius 3 is 2.55 bits per heavy atom. The van der Waals surface area contributed by atoms with E-state index in [4.69, 9.17) is 4.74 Å². The van der Waals surface area contributed by atoms with Gasteiger partial charge in [0.2, 0.25) is 0 Å². The first-order valence-electron chi connectivity index (χ1n) is 6.46. The standard InChI is InChI=1S/C15H15N3O4/c1-21-14(19)18-13-12(8-5-9-16-13)17-15(20)22-10-11-6-3-2-4-7-11/h2-9H,10H2,1H3,(H,17,20)(H,16,18,19). The van der Waals surface area contributed by atoms with Crippen molar-refractivity contribution in [2.75, 3.05) is 17.7 Å². The van der Waals surface area contributed by atoms with Crippen LogP contribution < -0.4 is 10.6 Å². The minimum absolute atomic E-state index is 0.146. The number of nitrogens with one attached hydrogen (secondary N) is 2. The summed E-state index contributed by atoms with van der Waals surface area (Å²) in [7, 11) is 1.24. The van der Waals surface area contributed by atoms with Crippen molar-refractivity contribution in [1.82, 2.24) is 4.98 Å². The zero-order valence-corrected chi connectivity index (χ0v) is 11.9. The summed E-state index contributed by atoms with van der Waals surface area (Å²) < 4.78 is 9.58. The van der Waals surface area contributed by atoms with Crippen molar-refractivity contribution in [3.63, 3.8) is 0 Å². The summed E-state index contributed by atoms with van der Waals surface area (Å²) >= 11 is 0. The number of amides is 2. The highest BCUT2D eigenvalue weighted by atomic mass is 16.5. The van der Waals surface area contributed by atoms with Gasteiger partial charge in [0.15, 0.2) is 5.82 Å². The van der Waals surface area contributed by atoms with E-state index in [0.717, 1.165) is 5.56 Å². The topological polar surface area (TPSA) is 89.5 Å². The highest BCUT2D eigenvalue weighted by Crippen LogP contribution is 2.18. The molecule has 1 aromatic heterocycles. The van der Waals surface area contributed by atoms with E-state index >= 15 is 0 Å². The lowest BCUT2D eigenvalue weighted by atomic mass is 10.2. The van der Waals surface area contributed by atoms with Crippen LogP contribution in [0.2, 0.25) is 0 Å². The third kappa shape index (κ3) is 4.48. The molecule has 114 valence electrons. The Balaban J connectivity index is 1.95. The molecule has 0 saturated carbocycles. The van der Waals surface area contributed by atoms with E-state index in [2.05, 4.69) is 20.4 Å². The molecule has 0 aliphatic rings. The van der Waals surface area contributed by atoms with E-state index < -0.39 is 12.2 Å². The maximum atomic E-state index is 11.8. The number of carbonyl (C=O) groups excluding carboxylic acids is 2. The molecule has 2 amide bonds. The lowest BCUT2D eigenvalue weighted by Crippen LogP contribution is -2.18. The number of hydrogen-bond donors (Lipinski definition) is 2. The number of rotatable bonds is 4. The molecule has 0 spiro atoms. The average Bonchev–Trinajstić information content (AvgIpc) is 2.55. The summed E-state index contributed by atoms with van der Waals surface area (Å²) in [4.78, 5) is 27.0. The van der Waals surface area contributed by atoms with Gasteiger partial charge in [-0.2, -0.15) is 0 Å². The molecule has 7 heteroatoms. The number of anilines is 2. The van der Waals surface area contributed by atoms with Crippen LogP contribution in [0.5, 0.6) is 0 Å². The van der Waals surface area contributed by atoms with Gasteiger partial charge in [0.05, 0.1) is 12.8 Å². The number of nitrogens with zero attached hydrogens (tertiary/aromatic N) is 1. The van der Waals surface area contributed by atoms with Crippen LogP contribution in [0.4, 0.5) is 21.1 Å². The van der Waals surface area contributed by atoms with Crippen molar-refractivity contribution in [1.29, 1.82) is 0 Å². The lowest BCUT2D eigenvalue weighted by molar-refractivity contribution is 0.155.